The molecule has 0 aromatic carbocycles. The molecule has 0 atom stereocenters. The molecule has 0 aliphatic heterocycles. The third kappa shape index (κ3) is 4.44. The van der Waals surface area contributed by atoms with E-state index in [1.165, 1.54) is 17.3 Å². The molecule has 0 rings (SSSR count). The lowest BCUT2D eigenvalue weighted by atomic mass is 10.3. The molecule has 0 fully saturated rings. The highest BCUT2D eigenvalue weighted by Crippen LogP contribution is 2.11. The summed E-state index contributed by atoms with van der Waals surface area (Å²) >= 11 is 5.61. The number of nitrogens with two attached hydrogens (primary N) is 3. The number of hydrogen-bond acceptors (Lipinski definition) is 5. The molecule has 0 aromatic heterocycles. The Balaban J connectivity index is 4.94. The second-order valence-corrected chi connectivity index (χ2v) is 3.06. The zero-order valence-corrected chi connectivity index (χ0v) is 9.29. The molecule has 6 heteroatoms. The van der Waals surface area contributed by atoms with Crippen LogP contribution in [0.5, 0.6) is 0 Å². The highest BCUT2D eigenvalue weighted by atomic mass is 35.5. The van der Waals surface area contributed by atoms with Crippen molar-refractivity contribution in [1.29, 1.82) is 0 Å². The van der Waals surface area contributed by atoms with Gasteiger partial charge in [0.2, 0.25) is 0 Å². The predicted octanol–water partition coefficient (Wildman–Crippen LogP) is 0.675. The van der Waals surface area contributed by atoms with Crippen LogP contribution in [0.1, 0.15) is 0 Å². The lowest BCUT2D eigenvalue weighted by Crippen LogP contribution is -2.27. The molecule has 6 N–H and O–H groups in total. The van der Waals surface area contributed by atoms with Gasteiger partial charge < -0.3 is 21.2 Å². The summed E-state index contributed by atoms with van der Waals surface area (Å²) in [7, 11) is 1.57. The molecule has 0 unspecified atom stereocenters. The summed E-state index contributed by atoms with van der Waals surface area (Å²) in [6, 6.07) is 0. The molecule has 0 radical (unpaired) electrons. The molecule has 5 nitrogen and oxygen atoms in total. The van der Waals surface area contributed by atoms with E-state index in [1.54, 1.807) is 7.05 Å². The molecule has 0 amide bonds. The van der Waals surface area contributed by atoms with E-state index in [0.29, 0.717) is 5.70 Å². The first-order valence-corrected chi connectivity index (χ1v) is 4.35. The molecular weight excluding hydrogens is 216 g/mol. The second kappa shape index (κ2) is 6.00. The highest BCUT2D eigenvalue weighted by Gasteiger charge is 2.05. The number of hydrogen-bond donors (Lipinski definition) is 3. The van der Waals surface area contributed by atoms with Crippen molar-refractivity contribution >= 4 is 11.6 Å². The van der Waals surface area contributed by atoms with Crippen LogP contribution in [0.25, 0.3) is 0 Å². The molecule has 84 valence electrons. The van der Waals surface area contributed by atoms with E-state index in [2.05, 4.69) is 13.2 Å². The zero-order chi connectivity index (χ0) is 12.0. The quantitative estimate of drug-likeness (QED) is 0.212. The molecule has 0 bridgehead atoms. The summed E-state index contributed by atoms with van der Waals surface area (Å²) in [5.41, 5.74) is 11.6. The van der Waals surface area contributed by atoms with Gasteiger partial charge in [0.05, 0.1) is 17.7 Å². The monoisotopic (exact) mass is 230 g/mol. The molecule has 0 saturated heterocycles. The maximum atomic E-state index is 5.64. The van der Waals surface area contributed by atoms with E-state index in [4.69, 9.17) is 33.6 Å². The number of rotatable bonds is 5. The lowest BCUT2D eigenvalue weighted by Gasteiger charge is -2.15. The smallest absolute Gasteiger partial charge is 0.142 e. The maximum Gasteiger partial charge on any atom is 0.142 e. The average molecular weight is 231 g/mol. The Labute approximate surface area is 94.1 Å². The standard InChI is InChI=1S/C9H15ClN4O/c1-4-15-6(2)7(11)5-8(9(10)12)14(3)13/h4-5H,1-2,11-13H2,3H3/b7-5-,9-8+. The minimum Gasteiger partial charge on any atom is -0.464 e. The van der Waals surface area contributed by atoms with Crippen LogP contribution in [0, 0.1) is 0 Å². The molecule has 15 heavy (non-hydrogen) atoms. The van der Waals surface area contributed by atoms with Crippen LogP contribution in [-0.4, -0.2) is 12.1 Å². The summed E-state index contributed by atoms with van der Waals surface area (Å²) in [6.07, 6.45) is 2.66. The zero-order valence-electron chi connectivity index (χ0n) is 8.53. The summed E-state index contributed by atoms with van der Waals surface area (Å²) in [6.45, 7) is 6.93. The van der Waals surface area contributed by atoms with Crippen molar-refractivity contribution in [3.05, 3.63) is 47.8 Å². The maximum absolute atomic E-state index is 5.64. The molecule has 0 aliphatic rings. The van der Waals surface area contributed by atoms with Gasteiger partial charge in [-0.25, -0.2) is 5.84 Å². The van der Waals surface area contributed by atoms with Crippen molar-refractivity contribution in [3.63, 3.8) is 0 Å². The Kier molecular flexibility index (Phi) is 5.36. The van der Waals surface area contributed by atoms with E-state index in [-0.39, 0.29) is 16.6 Å². The largest absolute Gasteiger partial charge is 0.464 e. The van der Waals surface area contributed by atoms with Crippen LogP contribution in [0.4, 0.5) is 0 Å². The van der Waals surface area contributed by atoms with Crippen molar-refractivity contribution in [3.8, 4) is 0 Å². The number of ether oxygens (including phenoxy) is 1. The van der Waals surface area contributed by atoms with Crippen molar-refractivity contribution < 1.29 is 4.74 Å². The van der Waals surface area contributed by atoms with Crippen LogP contribution >= 0.6 is 11.6 Å². The van der Waals surface area contributed by atoms with Gasteiger partial charge >= 0.3 is 0 Å². The number of halogens is 1. The van der Waals surface area contributed by atoms with Gasteiger partial charge in [-0.3, -0.25) is 0 Å². The normalized spacial score (nSPS) is 12.9. The van der Waals surface area contributed by atoms with E-state index >= 15 is 0 Å². The molecule has 0 heterocycles. The first-order chi connectivity index (χ1) is 6.90. The third-order valence-electron chi connectivity index (χ3n) is 1.46. The van der Waals surface area contributed by atoms with Crippen molar-refractivity contribution in [1.82, 2.24) is 5.01 Å². The average Bonchev–Trinajstić information content (AvgIpc) is 2.12. The predicted molar refractivity (Wildman–Crippen MR) is 61.7 cm³/mol. The fourth-order valence-electron chi connectivity index (χ4n) is 0.736. The van der Waals surface area contributed by atoms with E-state index in [1.807, 2.05) is 0 Å². The third-order valence-corrected chi connectivity index (χ3v) is 1.66. The second-order valence-electron chi connectivity index (χ2n) is 2.65. The first-order valence-electron chi connectivity index (χ1n) is 3.97. The van der Waals surface area contributed by atoms with Gasteiger partial charge in [0.25, 0.3) is 0 Å². The fraction of sp³-hybridized carbons (Fsp3) is 0.111. The summed E-state index contributed by atoms with van der Waals surface area (Å²) < 4.78 is 4.87. The van der Waals surface area contributed by atoms with Gasteiger partial charge in [-0.15, -0.1) is 0 Å². The summed E-state index contributed by atoms with van der Waals surface area (Å²) in [5.74, 6) is 5.72. The number of hydrazine groups is 1. The molecule has 0 spiro atoms. The number of allylic oxidation sites excluding steroid dienone is 1. The van der Waals surface area contributed by atoms with E-state index in [0.717, 1.165) is 0 Å². The molecular formula is C9H15ClN4O. The topological polar surface area (TPSA) is 90.5 Å². The number of nitrogens with zero attached hydrogens (tertiary/aromatic N) is 1. The van der Waals surface area contributed by atoms with Gasteiger partial charge in [0.15, 0.2) is 0 Å². The van der Waals surface area contributed by atoms with Crippen molar-refractivity contribution in [2.75, 3.05) is 7.05 Å². The fourth-order valence-corrected chi connectivity index (χ4v) is 0.924. The number of likely N-dealkylation sites (N-methyl/N-ethyl adjacent to an activating group) is 1. The van der Waals surface area contributed by atoms with Crippen LogP contribution < -0.4 is 17.3 Å². The summed E-state index contributed by atoms with van der Waals surface area (Å²) in [4.78, 5) is 0. The Morgan fingerprint density at radius 3 is 2.33 bits per heavy atom. The molecule has 0 aromatic rings. The minimum atomic E-state index is 0.0225. The van der Waals surface area contributed by atoms with Crippen LogP contribution in [-0.2, 0) is 4.74 Å². The Hall–Kier alpha value is -1.59. The molecule has 0 saturated carbocycles. The van der Waals surface area contributed by atoms with Gasteiger partial charge in [0.1, 0.15) is 10.9 Å². The van der Waals surface area contributed by atoms with Gasteiger partial charge in [-0.2, -0.15) is 0 Å². The van der Waals surface area contributed by atoms with Gasteiger partial charge in [0, 0.05) is 7.05 Å². The van der Waals surface area contributed by atoms with Crippen LogP contribution in [0.15, 0.2) is 47.8 Å². The highest BCUT2D eigenvalue weighted by molar-refractivity contribution is 6.29. The SMILES string of the molecule is C=COC(=C)/C(N)=C/C(=C(\N)Cl)N(C)N. The Morgan fingerprint density at radius 1 is 1.47 bits per heavy atom. The van der Waals surface area contributed by atoms with Crippen LogP contribution in [0.3, 0.4) is 0 Å². The van der Waals surface area contributed by atoms with Crippen molar-refractivity contribution in [2.45, 2.75) is 0 Å². The molecule has 0 aliphatic carbocycles. The van der Waals surface area contributed by atoms with E-state index in [9.17, 15) is 0 Å². The lowest BCUT2D eigenvalue weighted by molar-refractivity contribution is 0.363. The van der Waals surface area contributed by atoms with Gasteiger partial charge in [-0.1, -0.05) is 24.8 Å². The van der Waals surface area contributed by atoms with E-state index < -0.39 is 0 Å². The van der Waals surface area contributed by atoms with Gasteiger partial charge in [-0.05, 0) is 6.08 Å². The van der Waals surface area contributed by atoms with Crippen LogP contribution in [0.2, 0.25) is 0 Å². The Bertz CT molecular complexity index is 316. The Morgan fingerprint density at radius 2 is 2.00 bits per heavy atom. The van der Waals surface area contributed by atoms with Crippen molar-refractivity contribution in [2.24, 2.45) is 17.3 Å². The first kappa shape index (κ1) is 13.4. The summed E-state index contributed by atoms with van der Waals surface area (Å²) in [5, 5.41) is 1.26. The minimum absolute atomic E-state index is 0.0225.